The first kappa shape index (κ1) is 92.1. The number of fused-ring (bicyclic) bond motifs is 30. The molecule has 732 valence electrons. The lowest BCUT2D eigenvalue weighted by atomic mass is 9.88. The van der Waals surface area contributed by atoms with Crippen LogP contribution in [0.15, 0.2) is 261 Å². The second kappa shape index (κ2) is 39.8. The van der Waals surface area contributed by atoms with E-state index < -0.39 is 13.7 Å². The highest BCUT2D eigenvalue weighted by molar-refractivity contribution is 6.17. The Morgan fingerprint density at radius 3 is 1.02 bits per heavy atom. The van der Waals surface area contributed by atoms with Crippen LogP contribution in [-0.4, -0.2) is 23.3 Å². The Morgan fingerprint density at radius 1 is 0.252 bits per heavy atom. The Bertz CT molecular complexity index is 8930. The van der Waals surface area contributed by atoms with Gasteiger partial charge in [0, 0.05) is 93.5 Å². The molecule has 0 fully saturated rings. The lowest BCUT2D eigenvalue weighted by Gasteiger charge is -2.17. The van der Waals surface area contributed by atoms with Crippen LogP contribution >= 0.6 is 0 Å². The number of aryl methyl sites for hydroxylation is 6. The number of pyridine rings is 5. The van der Waals surface area contributed by atoms with E-state index in [0.29, 0.717) is 64.8 Å². The highest BCUT2D eigenvalue weighted by Crippen LogP contribution is 2.45. The topological polar surface area (TPSA) is 45.1 Å². The summed E-state index contributed by atoms with van der Waals surface area (Å²) in [7, 11) is 0. The van der Waals surface area contributed by atoms with Gasteiger partial charge in [-0.15, -0.1) is 18.7 Å². The van der Waals surface area contributed by atoms with E-state index in [-0.39, 0.29) is 18.0 Å². The van der Waals surface area contributed by atoms with Crippen LogP contribution in [0.2, 0.25) is 0 Å². The SMILES string of the molecule is Cc1c(-c2ccccc2)c2c3ccccc3c3cccc(C(C)C)c3[n+]2n1C(C)C.Cc1cc2c3ccccc3c3cccc(C(C)C)c3[n+]2n1C(C)C.Cc1cccc2c1c1cccc(C(C)C)c1[n+]1c2cc(C)n1C(C)C.[2H]C([2H])([2H])c1cccc2c1c1cccc(C(C)C)c1[n+]1c2cc(C)n1C(C)C.[2H]C([2H])([2H])c1cccc2c1c1cccc(C(C)C)c1c1n(C(C)C)c(C)c(-c3c(CC(C)C)cccc3CC(C)C)[n+]21. The predicted octanol–water partition coefficient (Wildman–Crippen LogP) is 34.4. The van der Waals surface area contributed by atoms with Crippen molar-refractivity contribution in [1.29, 1.82) is 0 Å². The van der Waals surface area contributed by atoms with Crippen molar-refractivity contribution in [3.05, 3.63) is 345 Å². The molecule has 22 rings (SSSR count). The molecular formula is C133H155N10+5. The molecule has 0 spiro atoms. The van der Waals surface area contributed by atoms with Gasteiger partial charge in [-0.25, -0.2) is 4.57 Å². The summed E-state index contributed by atoms with van der Waals surface area (Å²) >= 11 is 0. The minimum Gasteiger partial charge on any atom is -0.224 e. The van der Waals surface area contributed by atoms with E-state index in [1.807, 2.05) is 18.2 Å². The molecule has 10 aromatic heterocycles. The monoisotopic (exact) mass is 1900 g/mol. The summed E-state index contributed by atoms with van der Waals surface area (Å²) in [6.45, 7) is 63.2. The Kier molecular flexibility index (Phi) is 25.6. The van der Waals surface area contributed by atoms with Crippen molar-refractivity contribution in [3.63, 3.8) is 0 Å². The molecule has 0 atom stereocenters. The normalized spacial score (nSPS) is 13.1. The largest absolute Gasteiger partial charge is 0.295 e. The van der Waals surface area contributed by atoms with Gasteiger partial charge in [-0.3, -0.25) is 0 Å². The number of nitrogens with zero attached hydrogens (tertiary/aromatic N) is 10. The third-order valence-electron chi connectivity index (χ3n) is 29.9. The molecule has 0 aliphatic heterocycles. The van der Waals surface area contributed by atoms with Crippen molar-refractivity contribution >= 4 is 136 Å². The van der Waals surface area contributed by atoms with Crippen LogP contribution in [0.5, 0.6) is 0 Å². The fourth-order valence-corrected chi connectivity index (χ4v) is 24.4. The zero-order valence-corrected chi connectivity index (χ0v) is 90.6. The molecule has 0 aliphatic carbocycles. The van der Waals surface area contributed by atoms with Gasteiger partial charge in [-0.1, -0.05) is 303 Å². The van der Waals surface area contributed by atoms with Crippen LogP contribution in [0.1, 0.15) is 318 Å². The van der Waals surface area contributed by atoms with Crippen LogP contribution in [0.25, 0.3) is 158 Å². The van der Waals surface area contributed by atoms with Crippen molar-refractivity contribution in [3.8, 4) is 22.4 Å². The molecule has 143 heavy (non-hydrogen) atoms. The summed E-state index contributed by atoms with van der Waals surface area (Å²) in [6, 6.07) is 95.1. The molecule has 0 bridgehead atoms. The van der Waals surface area contributed by atoms with Crippen molar-refractivity contribution < 1.29 is 30.7 Å². The summed E-state index contributed by atoms with van der Waals surface area (Å²) in [4.78, 5) is 0. The van der Waals surface area contributed by atoms with Gasteiger partial charge in [-0.2, -0.15) is 4.40 Å². The Morgan fingerprint density at radius 2 is 0.587 bits per heavy atom. The molecule has 10 heterocycles. The highest BCUT2D eigenvalue weighted by atomic mass is 15.4. The quantitative estimate of drug-likeness (QED) is 0.0684. The maximum atomic E-state index is 8.55. The first-order valence-electron chi connectivity index (χ1n) is 56.0. The minimum atomic E-state index is -2.23. The van der Waals surface area contributed by atoms with E-state index in [4.69, 9.17) is 8.22 Å². The third-order valence-corrected chi connectivity index (χ3v) is 29.9. The van der Waals surface area contributed by atoms with Crippen molar-refractivity contribution in [2.24, 2.45) is 11.8 Å². The van der Waals surface area contributed by atoms with E-state index in [0.717, 1.165) is 67.4 Å². The first-order valence-corrected chi connectivity index (χ1v) is 53.0. The van der Waals surface area contributed by atoms with E-state index in [9.17, 15) is 0 Å². The summed E-state index contributed by atoms with van der Waals surface area (Å²) < 4.78 is 74.3. The van der Waals surface area contributed by atoms with Gasteiger partial charge in [0.05, 0.1) is 107 Å². The molecule has 12 aromatic carbocycles. The third kappa shape index (κ3) is 17.2. The lowest BCUT2D eigenvalue weighted by Crippen LogP contribution is -2.36. The van der Waals surface area contributed by atoms with E-state index in [2.05, 4.69) is 484 Å². The summed E-state index contributed by atoms with van der Waals surface area (Å²) in [5, 5.41) is 17.9. The number of hydrogen-bond acceptors (Lipinski definition) is 0. The smallest absolute Gasteiger partial charge is 0.224 e. The fraction of sp³-hybridized carbons (Fsp3) is 0.346. The molecule has 0 aliphatic rings. The Labute approximate surface area is 857 Å². The first-order chi connectivity index (χ1) is 70.8. The van der Waals surface area contributed by atoms with Crippen LogP contribution in [-0.2, 0) is 12.8 Å². The Balaban J connectivity index is 0.000000124. The average Bonchev–Trinajstić information content (AvgIpc) is 1.56. The maximum Gasteiger partial charge on any atom is 0.295 e. The number of aromatic nitrogens is 10. The van der Waals surface area contributed by atoms with Crippen molar-refractivity contribution in [1.82, 2.24) is 23.3 Å². The maximum absolute atomic E-state index is 8.55. The van der Waals surface area contributed by atoms with Crippen LogP contribution in [0.4, 0.5) is 0 Å². The Hall–Kier alpha value is -13.3. The molecular weight excluding hydrogens is 1740 g/mol. The van der Waals surface area contributed by atoms with Crippen LogP contribution in [0, 0.1) is 67.1 Å². The zero-order valence-electron chi connectivity index (χ0n) is 96.6. The van der Waals surface area contributed by atoms with Gasteiger partial charge in [0.2, 0.25) is 38.6 Å². The standard InChI is InChI=1S/C37H47N2.C28H29N2.2C23H27N2.C22H25N2/c1-22(2)20-28-15-12-16-29(21-23(3)4)34(28)36-27(10)38(25(7)8)37-35-30(24(5)6)17-13-18-31(35)33-26(9)14-11-19-32(33)39(36)37;1-18(2)22-16-11-17-24-23-14-9-10-15-25(23)28-26(21-12-7-6-8-13-21)20(5)29(19(3)4)30(28)27(22)24;2*1-14(2)18-10-8-12-20-22-16(5)9-7-11-19(22)21-13-17(6)24(15(3)4)25(21)23(18)20;1-14(2)17-11-8-12-20-18-9-6-7-10-19(18)21-13-16(5)23(15(3)4)24(21)22(17)20/h11-19,22-25H,20-21H2,1-10H3;6-19H,1-5H3;2*7-15H,1-6H3;6-15H,1-5H3/q5*+1/i9D3;;5D3;;. The van der Waals surface area contributed by atoms with Gasteiger partial charge in [-0.05, 0) is 265 Å². The molecule has 0 amide bonds. The van der Waals surface area contributed by atoms with Gasteiger partial charge in [0.1, 0.15) is 11.2 Å². The number of imidazole rings is 1. The van der Waals surface area contributed by atoms with Crippen LogP contribution in [0.3, 0.4) is 0 Å². The molecule has 10 nitrogen and oxygen atoms in total. The number of rotatable bonds is 16. The molecule has 0 N–H and O–H groups in total. The fourth-order valence-electron chi connectivity index (χ4n) is 24.4. The van der Waals surface area contributed by atoms with Crippen molar-refractivity contribution in [2.45, 2.75) is 294 Å². The summed E-state index contributed by atoms with van der Waals surface area (Å²) in [6.07, 6.45) is 1.97. The number of benzene rings is 12. The molecule has 10 heteroatoms. The van der Waals surface area contributed by atoms with Gasteiger partial charge < -0.3 is 0 Å². The lowest BCUT2D eigenvalue weighted by molar-refractivity contribution is -0.587. The second-order valence-electron chi connectivity index (χ2n) is 44.4. The molecule has 0 radical (unpaired) electrons. The van der Waals surface area contributed by atoms with E-state index in [1.54, 1.807) is 12.1 Å². The van der Waals surface area contributed by atoms with Gasteiger partial charge in [0.25, 0.3) is 11.2 Å². The second-order valence-corrected chi connectivity index (χ2v) is 44.4. The summed E-state index contributed by atoms with van der Waals surface area (Å²) in [5.74, 6) is 3.04. The number of para-hydroxylation sites is 4. The van der Waals surface area contributed by atoms with Crippen molar-refractivity contribution in [2.75, 3.05) is 0 Å². The van der Waals surface area contributed by atoms with E-state index in [1.165, 1.54) is 177 Å². The van der Waals surface area contributed by atoms with Crippen LogP contribution < -0.4 is 22.5 Å². The zero-order chi connectivity index (χ0) is 107. The van der Waals surface area contributed by atoms with Gasteiger partial charge >= 0.3 is 0 Å². The molecule has 0 saturated heterocycles. The molecule has 0 saturated carbocycles. The minimum absolute atomic E-state index is 0.214. The predicted molar refractivity (Wildman–Crippen MR) is 611 cm³/mol. The number of hydrogen-bond donors (Lipinski definition) is 0. The summed E-state index contributed by atoms with van der Waals surface area (Å²) in [5.41, 5.74) is 35.3. The van der Waals surface area contributed by atoms with E-state index >= 15 is 0 Å². The highest BCUT2D eigenvalue weighted by Gasteiger charge is 2.38. The average molecular weight is 1900 g/mol. The van der Waals surface area contributed by atoms with Gasteiger partial charge in [0.15, 0.2) is 5.69 Å². The molecule has 0 unspecified atom stereocenters. The molecule has 22 aromatic rings.